The van der Waals surface area contributed by atoms with Gasteiger partial charge in [0.1, 0.15) is 5.69 Å². The van der Waals surface area contributed by atoms with E-state index in [1.165, 1.54) is 0 Å². The highest BCUT2D eigenvalue weighted by Gasteiger charge is 2.12. The van der Waals surface area contributed by atoms with Gasteiger partial charge in [0.2, 0.25) is 0 Å². The molecule has 3 N–H and O–H groups in total. The monoisotopic (exact) mass is 168 g/mol. The Hall–Kier alpha value is -1.45. The Bertz CT molecular complexity index is 291. The number of aromatic nitrogens is 1. The number of nitrogen functional groups attached to an aromatic ring is 1. The van der Waals surface area contributed by atoms with E-state index in [-0.39, 0.29) is 0 Å². The molecule has 0 aliphatic heterocycles. The first-order chi connectivity index (χ1) is 5.65. The van der Waals surface area contributed by atoms with Gasteiger partial charge in [-0.25, -0.2) is 4.79 Å². The minimum absolute atomic E-state index is 0.342. The lowest BCUT2D eigenvalue weighted by atomic mass is 10.3. The Balaban J connectivity index is 2.87. The van der Waals surface area contributed by atoms with Crippen molar-refractivity contribution in [2.24, 2.45) is 0 Å². The molecule has 0 aromatic carbocycles. The lowest BCUT2D eigenvalue weighted by Gasteiger charge is -1.99. The zero-order chi connectivity index (χ0) is 9.14. The average molecular weight is 168 g/mol. The number of anilines is 1. The number of nitrogens with two attached hydrogens (primary N) is 1. The molecule has 0 amide bonds. The summed E-state index contributed by atoms with van der Waals surface area (Å²) >= 11 is 0. The molecule has 0 saturated heterocycles. The predicted molar refractivity (Wildman–Crippen MR) is 45.9 cm³/mol. The molecule has 0 spiro atoms. The molecule has 0 radical (unpaired) electrons. The number of aryl methyl sites for hydroxylation is 1. The molecule has 4 heteroatoms. The molecule has 0 atom stereocenters. The average Bonchev–Trinajstić information content (AvgIpc) is 2.30. The van der Waals surface area contributed by atoms with Gasteiger partial charge in [0, 0.05) is 5.69 Å². The summed E-state index contributed by atoms with van der Waals surface area (Å²) < 4.78 is 4.77. The van der Waals surface area contributed by atoms with Gasteiger partial charge in [-0.1, -0.05) is 0 Å². The normalized spacial score (nSPS) is 9.83. The van der Waals surface area contributed by atoms with Crippen molar-refractivity contribution in [2.75, 3.05) is 12.3 Å². The molecule has 4 nitrogen and oxygen atoms in total. The highest BCUT2D eigenvalue weighted by Crippen LogP contribution is 2.13. The van der Waals surface area contributed by atoms with Crippen LogP contribution in [0.1, 0.15) is 23.1 Å². The number of ether oxygens (including phenoxy) is 1. The second kappa shape index (κ2) is 3.30. The first-order valence-electron chi connectivity index (χ1n) is 3.77. The van der Waals surface area contributed by atoms with Crippen molar-refractivity contribution < 1.29 is 9.53 Å². The van der Waals surface area contributed by atoms with Crippen molar-refractivity contribution in [1.29, 1.82) is 0 Å². The van der Waals surface area contributed by atoms with Crippen LogP contribution in [0.4, 0.5) is 5.69 Å². The summed E-state index contributed by atoms with van der Waals surface area (Å²) in [6.45, 7) is 3.94. The molecule has 0 unspecified atom stereocenters. The third-order valence-corrected chi connectivity index (χ3v) is 1.46. The van der Waals surface area contributed by atoms with Gasteiger partial charge >= 0.3 is 5.97 Å². The maximum absolute atomic E-state index is 11.1. The molecule has 0 aliphatic carbocycles. The van der Waals surface area contributed by atoms with Gasteiger partial charge in [0.05, 0.1) is 12.3 Å². The van der Waals surface area contributed by atoms with Crippen LogP contribution in [0.15, 0.2) is 6.07 Å². The summed E-state index contributed by atoms with van der Waals surface area (Å²) in [4.78, 5) is 14.0. The molecule has 0 saturated carbocycles. The standard InChI is InChI=1S/C8H12N2O2/c1-3-12-8(11)7-6(9)4-5(2)10-7/h4,10H,3,9H2,1-2H3. The molecule has 1 aromatic heterocycles. The number of hydrogen-bond acceptors (Lipinski definition) is 3. The summed E-state index contributed by atoms with van der Waals surface area (Å²) in [6.07, 6.45) is 0. The van der Waals surface area contributed by atoms with Crippen molar-refractivity contribution in [3.63, 3.8) is 0 Å². The van der Waals surface area contributed by atoms with Crippen molar-refractivity contribution in [3.05, 3.63) is 17.5 Å². The zero-order valence-electron chi connectivity index (χ0n) is 7.18. The molecule has 1 rings (SSSR count). The van der Waals surface area contributed by atoms with Gasteiger partial charge in [0.25, 0.3) is 0 Å². The SMILES string of the molecule is CCOC(=O)c1[nH]c(C)cc1N. The summed E-state index contributed by atoms with van der Waals surface area (Å²) in [5, 5.41) is 0. The lowest BCUT2D eigenvalue weighted by Crippen LogP contribution is -2.07. The van der Waals surface area contributed by atoms with Crippen LogP contribution in [-0.2, 0) is 4.74 Å². The second-order valence-electron chi connectivity index (χ2n) is 2.50. The lowest BCUT2D eigenvalue weighted by molar-refractivity contribution is 0.0521. The van der Waals surface area contributed by atoms with Gasteiger partial charge in [-0.05, 0) is 19.9 Å². The second-order valence-corrected chi connectivity index (χ2v) is 2.50. The largest absolute Gasteiger partial charge is 0.461 e. The Labute approximate surface area is 70.7 Å². The van der Waals surface area contributed by atoms with Crippen LogP contribution >= 0.6 is 0 Å². The van der Waals surface area contributed by atoms with E-state index in [4.69, 9.17) is 10.5 Å². The van der Waals surface area contributed by atoms with Crippen LogP contribution in [0.5, 0.6) is 0 Å². The molecule has 1 aromatic rings. The van der Waals surface area contributed by atoms with Crippen LogP contribution < -0.4 is 5.73 Å². The fourth-order valence-electron chi connectivity index (χ4n) is 0.983. The van der Waals surface area contributed by atoms with Gasteiger partial charge < -0.3 is 15.5 Å². The minimum atomic E-state index is -0.400. The number of H-pyrrole nitrogens is 1. The van der Waals surface area contributed by atoms with Gasteiger partial charge in [-0.15, -0.1) is 0 Å². The van der Waals surface area contributed by atoms with Crippen LogP contribution in [-0.4, -0.2) is 17.6 Å². The van der Waals surface area contributed by atoms with E-state index in [1.807, 2.05) is 6.92 Å². The Morgan fingerprint density at radius 3 is 2.83 bits per heavy atom. The smallest absolute Gasteiger partial charge is 0.356 e. The maximum atomic E-state index is 11.1. The van der Waals surface area contributed by atoms with Crippen molar-refractivity contribution >= 4 is 11.7 Å². The van der Waals surface area contributed by atoms with Gasteiger partial charge in [0.15, 0.2) is 0 Å². The fraction of sp³-hybridized carbons (Fsp3) is 0.375. The van der Waals surface area contributed by atoms with E-state index in [0.29, 0.717) is 18.0 Å². The third-order valence-electron chi connectivity index (χ3n) is 1.46. The van der Waals surface area contributed by atoms with E-state index in [9.17, 15) is 4.79 Å². The van der Waals surface area contributed by atoms with Crippen molar-refractivity contribution in [1.82, 2.24) is 4.98 Å². The number of carbonyl (C=O) groups is 1. The molecule has 0 aliphatic rings. The number of rotatable bonds is 2. The summed E-state index contributed by atoms with van der Waals surface area (Å²) in [5.41, 5.74) is 7.18. The number of hydrogen-bond donors (Lipinski definition) is 2. The molecular weight excluding hydrogens is 156 g/mol. The third kappa shape index (κ3) is 1.58. The van der Waals surface area contributed by atoms with E-state index in [0.717, 1.165) is 5.69 Å². The first-order valence-corrected chi connectivity index (χ1v) is 3.77. The van der Waals surface area contributed by atoms with Gasteiger partial charge in [-0.3, -0.25) is 0 Å². The van der Waals surface area contributed by atoms with Crippen LogP contribution in [0.3, 0.4) is 0 Å². The van der Waals surface area contributed by atoms with Gasteiger partial charge in [-0.2, -0.15) is 0 Å². The predicted octanol–water partition coefficient (Wildman–Crippen LogP) is 1.08. The van der Waals surface area contributed by atoms with Crippen molar-refractivity contribution in [2.45, 2.75) is 13.8 Å². The molecule has 0 fully saturated rings. The van der Waals surface area contributed by atoms with Crippen LogP contribution in [0.2, 0.25) is 0 Å². The zero-order valence-corrected chi connectivity index (χ0v) is 7.18. The fourth-order valence-corrected chi connectivity index (χ4v) is 0.983. The molecule has 0 bridgehead atoms. The maximum Gasteiger partial charge on any atom is 0.356 e. The highest BCUT2D eigenvalue weighted by atomic mass is 16.5. The van der Waals surface area contributed by atoms with E-state index < -0.39 is 5.97 Å². The molecule has 66 valence electrons. The number of aromatic amines is 1. The topological polar surface area (TPSA) is 68.1 Å². The van der Waals surface area contributed by atoms with E-state index in [1.54, 1.807) is 13.0 Å². The van der Waals surface area contributed by atoms with E-state index >= 15 is 0 Å². The summed E-state index contributed by atoms with van der Waals surface area (Å²) in [7, 11) is 0. The summed E-state index contributed by atoms with van der Waals surface area (Å²) in [6, 6.07) is 1.70. The molecular formula is C8H12N2O2. The summed E-state index contributed by atoms with van der Waals surface area (Å²) in [5.74, 6) is -0.400. The van der Waals surface area contributed by atoms with Crippen LogP contribution in [0.25, 0.3) is 0 Å². The number of nitrogens with one attached hydrogen (secondary N) is 1. The van der Waals surface area contributed by atoms with Crippen LogP contribution in [0, 0.1) is 6.92 Å². The number of esters is 1. The Kier molecular flexibility index (Phi) is 2.38. The quantitative estimate of drug-likeness (QED) is 0.649. The molecule has 12 heavy (non-hydrogen) atoms. The van der Waals surface area contributed by atoms with Crippen molar-refractivity contribution in [3.8, 4) is 0 Å². The van der Waals surface area contributed by atoms with E-state index in [2.05, 4.69) is 4.98 Å². The highest BCUT2D eigenvalue weighted by molar-refractivity contribution is 5.93. The molecule has 1 heterocycles. The first kappa shape index (κ1) is 8.64. The Morgan fingerprint density at radius 1 is 1.75 bits per heavy atom. The Morgan fingerprint density at radius 2 is 2.42 bits per heavy atom. The number of carbonyl (C=O) groups excluding carboxylic acids is 1. The minimum Gasteiger partial charge on any atom is -0.461 e.